The summed E-state index contributed by atoms with van der Waals surface area (Å²) in [6.07, 6.45) is 1.78. The minimum absolute atomic E-state index is 0.0471. The molecule has 3 aliphatic rings. The fourth-order valence-electron chi connectivity index (χ4n) is 5.39. The molecule has 0 aromatic heterocycles. The summed E-state index contributed by atoms with van der Waals surface area (Å²) < 4.78 is 5.19. The van der Waals surface area contributed by atoms with E-state index in [9.17, 15) is 14.4 Å². The van der Waals surface area contributed by atoms with E-state index in [0.717, 1.165) is 24.9 Å². The minimum Gasteiger partial charge on any atom is -0.497 e. The largest absolute Gasteiger partial charge is 0.497 e. The monoisotopic (exact) mass is 404 g/mol. The van der Waals surface area contributed by atoms with Crippen LogP contribution in [0.25, 0.3) is 0 Å². The van der Waals surface area contributed by atoms with E-state index in [0.29, 0.717) is 17.0 Å². The Morgan fingerprint density at radius 1 is 0.967 bits per heavy atom. The van der Waals surface area contributed by atoms with Crippen molar-refractivity contribution in [2.75, 3.05) is 18.6 Å². The molecule has 2 amide bonds. The van der Waals surface area contributed by atoms with Crippen LogP contribution in [0, 0.1) is 18.8 Å². The highest BCUT2D eigenvalue weighted by Gasteiger charge is 2.64. The molecule has 6 heteroatoms. The summed E-state index contributed by atoms with van der Waals surface area (Å²) >= 11 is 0. The average molecular weight is 404 g/mol. The molecule has 0 bridgehead atoms. The zero-order valence-corrected chi connectivity index (χ0v) is 17.1. The summed E-state index contributed by atoms with van der Waals surface area (Å²) in [6, 6.07) is 13.7. The van der Waals surface area contributed by atoms with Crippen molar-refractivity contribution in [1.29, 1.82) is 0 Å². The molecule has 0 aliphatic carbocycles. The van der Waals surface area contributed by atoms with Gasteiger partial charge < -0.3 is 4.74 Å². The number of imide groups is 1. The first-order valence-corrected chi connectivity index (χ1v) is 10.4. The smallest absolute Gasteiger partial charge is 0.239 e. The number of Topliss-reactive ketones (excluding diaryl/α,β-unsaturated/α-hetero) is 1. The Kier molecular flexibility index (Phi) is 4.47. The number of hydrogen-bond acceptors (Lipinski definition) is 5. The van der Waals surface area contributed by atoms with Crippen LogP contribution in [0.2, 0.25) is 0 Å². The maximum atomic E-state index is 13.5. The highest BCUT2D eigenvalue weighted by Crippen LogP contribution is 2.48. The summed E-state index contributed by atoms with van der Waals surface area (Å²) in [7, 11) is 1.58. The summed E-state index contributed by atoms with van der Waals surface area (Å²) in [5.41, 5.74) is 2.19. The van der Waals surface area contributed by atoms with E-state index in [1.54, 1.807) is 43.5 Å². The second-order valence-corrected chi connectivity index (χ2v) is 8.38. The molecule has 0 N–H and O–H groups in total. The van der Waals surface area contributed by atoms with Gasteiger partial charge in [0.1, 0.15) is 5.75 Å². The predicted molar refractivity (Wildman–Crippen MR) is 111 cm³/mol. The van der Waals surface area contributed by atoms with E-state index in [4.69, 9.17) is 4.74 Å². The number of anilines is 1. The minimum atomic E-state index is -0.626. The van der Waals surface area contributed by atoms with Gasteiger partial charge in [0, 0.05) is 11.6 Å². The first-order chi connectivity index (χ1) is 14.5. The van der Waals surface area contributed by atoms with Gasteiger partial charge in [-0.25, -0.2) is 4.90 Å². The molecule has 3 saturated heterocycles. The number of amides is 2. The Bertz CT molecular complexity index is 1010. The van der Waals surface area contributed by atoms with Crippen molar-refractivity contribution in [2.45, 2.75) is 31.8 Å². The Labute approximate surface area is 175 Å². The summed E-state index contributed by atoms with van der Waals surface area (Å²) in [4.78, 5) is 43.7. The van der Waals surface area contributed by atoms with Crippen molar-refractivity contribution in [3.05, 3.63) is 59.7 Å². The molecule has 154 valence electrons. The van der Waals surface area contributed by atoms with Gasteiger partial charge >= 0.3 is 0 Å². The van der Waals surface area contributed by atoms with Crippen LogP contribution in [0.5, 0.6) is 5.75 Å². The van der Waals surface area contributed by atoms with E-state index in [2.05, 4.69) is 4.90 Å². The Morgan fingerprint density at radius 3 is 2.30 bits per heavy atom. The molecule has 3 fully saturated rings. The molecule has 5 rings (SSSR count). The maximum absolute atomic E-state index is 13.5. The number of ketones is 1. The lowest BCUT2D eigenvalue weighted by molar-refractivity contribution is -0.123. The summed E-state index contributed by atoms with van der Waals surface area (Å²) in [6.45, 7) is 2.71. The van der Waals surface area contributed by atoms with Crippen LogP contribution in [-0.4, -0.2) is 48.2 Å². The Balaban J connectivity index is 1.52. The Hall–Kier alpha value is -2.99. The normalized spacial score (nSPS) is 28.0. The van der Waals surface area contributed by atoms with E-state index in [1.165, 1.54) is 4.90 Å². The molecule has 3 heterocycles. The standard InChI is InChI=1S/C24H24N2O4/c1-14-5-9-16(10-6-14)26-23(28)19-18-4-3-13-25(18)21(20(19)24(26)29)22(27)15-7-11-17(30-2)12-8-15/h5-12,18-21H,3-4,13H2,1-2H3/t18-,19-,20+,21-/m0/s1. The van der Waals surface area contributed by atoms with Crippen LogP contribution >= 0.6 is 0 Å². The molecule has 2 aromatic carbocycles. The molecular formula is C24H24N2O4. The number of fused-ring (bicyclic) bond motifs is 3. The molecule has 2 aromatic rings. The van der Waals surface area contributed by atoms with Gasteiger partial charge in [-0.05, 0) is 62.7 Å². The third-order valence-corrected chi connectivity index (χ3v) is 6.79. The predicted octanol–water partition coefficient (Wildman–Crippen LogP) is 2.84. The topological polar surface area (TPSA) is 66.9 Å². The van der Waals surface area contributed by atoms with Crippen LogP contribution in [0.1, 0.15) is 28.8 Å². The van der Waals surface area contributed by atoms with Gasteiger partial charge in [0.25, 0.3) is 0 Å². The number of rotatable bonds is 4. The van der Waals surface area contributed by atoms with Crippen LogP contribution in [-0.2, 0) is 9.59 Å². The SMILES string of the molecule is COc1ccc(C(=O)[C@@H]2[C@@H]3C(=O)N(c4ccc(C)cc4)C(=O)[C@H]3[C@@H]3CCCN23)cc1. The van der Waals surface area contributed by atoms with Crippen molar-refractivity contribution < 1.29 is 19.1 Å². The third kappa shape index (κ3) is 2.70. The first-order valence-electron chi connectivity index (χ1n) is 10.4. The zero-order valence-electron chi connectivity index (χ0n) is 17.1. The maximum Gasteiger partial charge on any atom is 0.239 e. The van der Waals surface area contributed by atoms with Gasteiger partial charge in [0.2, 0.25) is 11.8 Å². The lowest BCUT2D eigenvalue weighted by atomic mass is 9.85. The quantitative estimate of drug-likeness (QED) is 0.579. The summed E-state index contributed by atoms with van der Waals surface area (Å²) in [5.74, 6) is -0.922. The second-order valence-electron chi connectivity index (χ2n) is 8.38. The first kappa shape index (κ1) is 19.0. The number of hydrogen-bond donors (Lipinski definition) is 0. The van der Waals surface area contributed by atoms with Crippen LogP contribution in [0.15, 0.2) is 48.5 Å². The van der Waals surface area contributed by atoms with Crippen LogP contribution in [0.3, 0.4) is 0 Å². The lowest BCUT2D eigenvalue weighted by Gasteiger charge is -2.27. The molecule has 0 radical (unpaired) electrons. The van der Waals surface area contributed by atoms with E-state index >= 15 is 0 Å². The van der Waals surface area contributed by atoms with Crippen molar-refractivity contribution in [2.24, 2.45) is 11.8 Å². The van der Waals surface area contributed by atoms with Gasteiger partial charge in [0.05, 0.1) is 30.7 Å². The van der Waals surface area contributed by atoms with Crippen molar-refractivity contribution in [3.8, 4) is 5.75 Å². The number of carbonyl (C=O) groups excluding carboxylic acids is 3. The third-order valence-electron chi connectivity index (χ3n) is 6.79. The van der Waals surface area contributed by atoms with Crippen molar-refractivity contribution in [1.82, 2.24) is 4.90 Å². The summed E-state index contributed by atoms with van der Waals surface area (Å²) in [5, 5.41) is 0. The molecular weight excluding hydrogens is 380 g/mol. The van der Waals surface area contributed by atoms with Crippen molar-refractivity contribution >= 4 is 23.3 Å². The fourth-order valence-corrected chi connectivity index (χ4v) is 5.39. The van der Waals surface area contributed by atoms with Gasteiger partial charge in [-0.15, -0.1) is 0 Å². The van der Waals surface area contributed by atoms with E-state index in [-0.39, 0.29) is 23.6 Å². The zero-order chi connectivity index (χ0) is 21.0. The van der Waals surface area contributed by atoms with Gasteiger partial charge in [-0.2, -0.15) is 0 Å². The fraction of sp³-hybridized carbons (Fsp3) is 0.375. The number of carbonyl (C=O) groups is 3. The number of nitrogens with zero attached hydrogens (tertiary/aromatic N) is 2. The molecule has 3 aliphatic heterocycles. The van der Waals surface area contributed by atoms with E-state index < -0.39 is 17.9 Å². The highest BCUT2D eigenvalue weighted by molar-refractivity contribution is 6.24. The molecule has 0 spiro atoms. The lowest BCUT2D eigenvalue weighted by Crippen LogP contribution is -2.46. The van der Waals surface area contributed by atoms with Gasteiger partial charge in [0.15, 0.2) is 5.78 Å². The number of methoxy groups -OCH3 is 1. The van der Waals surface area contributed by atoms with Crippen LogP contribution < -0.4 is 9.64 Å². The average Bonchev–Trinajstić information content (AvgIpc) is 3.41. The Morgan fingerprint density at radius 2 is 1.63 bits per heavy atom. The van der Waals surface area contributed by atoms with Gasteiger partial charge in [-0.3, -0.25) is 19.3 Å². The molecule has 6 nitrogen and oxygen atoms in total. The second kappa shape index (κ2) is 7.06. The number of aryl methyl sites for hydroxylation is 1. The van der Waals surface area contributed by atoms with Crippen LogP contribution in [0.4, 0.5) is 5.69 Å². The molecule has 0 saturated carbocycles. The van der Waals surface area contributed by atoms with Crippen molar-refractivity contribution in [3.63, 3.8) is 0 Å². The molecule has 0 unspecified atom stereocenters. The number of ether oxygens (including phenoxy) is 1. The van der Waals surface area contributed by atoms with Gasteiger partial charge in [-0.1, -0.05) is 17.7 Å². The molecule has 4 atom stereocenters. The highest BCUT2D eigenvalue weighted by atomic mass is 16.5. The van der Waals surface area contributed by atoms with E-state index in [1.807, 2.05) is 19.1 Å². The number of benzene rings is 2. The molecule has 30 heavy (non-hydrogen) atoms.